The molecule has 8 nitrogen and oxygen atoms in total. The van der Waals surface area contributed by atoms with Crippen LogP contribution in [0.4, 0.5) is 16.4 Å². The quantitative estimate of drug-likeness (QED) is 0.415. The number of ether oxygens (including phenoxy) is 1. The number of aromatic nitrogens is 3. The second kappa shape index (κ2) is 8.85. The first-order valence-corrected chi connectivity index (χ1v) is 11.9. The zero-order valence-corrected chi connectivity index (χ0v) is 20.7. The summed E-state index contributed by atoms with van der Waals surface area (Å²) in [6.07, 6.45) is 1.26. The number of benzene rings is 2. The van der Waals surface area contributed by atoms with Gasteiger partial charge in [-0.25, -0.2) is 19.7 Å². The molecule has 0 radical (unpaired) electrons. The van der Waals surface area contributed by atoms with Crippen molar-refractivity contribution in [3.05, 3.63) is 53.8 Å². The first-order chi connectivity index (χ1) is 16.7. The highest BCUT2D eigenvalue weighted by Gasteiger charge is 2.27. The van der Waals surface area contributed by atoms with Crippen molar-refractivity contribution >= 4 is 51.0 Å². The van der Waals surface area contributed by atoms with Gasteiger partial charge in [0, 0.05) is 42.5 Å². The summed E-state index contributed by atoms with van der Waals surface area (Å²) in [6.45, 7) is 7.96. The van der Waals surface area contributed by atoms with E-state index in [4.69, 9.17) is 22.1 Å². The van der Waals surface area contributed by atoms with Crippen LogP contribution in [0, 0.1) is 0 Å². The van der Waals surface area contributed by atoms with E-state index >= 15 is 0 Å². The predicted molar refractivity (Wildman–Crippen MR) is 140 cm³/mol. The molecule has 5 rings (SSSR count). The summed E-state index contributed by atoms with van der Waals surface area (Å²) in [4.78, 5) is 30.0. The number of nitrogens with zero attached hydrogens (tertiary/aromatic N) is 5. The number of nitrogens with two attached hydrogens (primary N) is 1. The van der Waals surface area contributed by atoms with Crippen LogP contribution in [0.15, 0.2) is 48.8 Å². The first-order valence-electron chi connectivity index (χ1n) is 11.5. The molecule has 0 atom stereocenters. The van der Waals surface area contributed by atoms with Crippen molar-refractivity contribution in [1.82, 2.24) is 19.9 Å². The molecule has 2 aromatic carbocycles. The Hall–Kier alpha value is -3.65. The Labute approximate surface area is 208 Å². The Morgan fingerprint density at radius 1 is 1.03 bits per heavy atom. The Balaban J connectivity index is 1.47. The van der Waals surface area contributed by atoms with Gasteiger partial charge in [0.05, 0.1) is 16.2 Å². The minimum absolute atomic E-state index is 0.292. The van der Waals surface area contributed by atoms with Gasteiger partial charge >= 0.3 is 6.09 Å². The van der Waals surface area contributed by atoms with E-state index < -0.39 is 5.60 Å². The van der Waals surface area contributed by atoms with E-state index in [2.05, 4.69) is 19.9 Å². The molecule has 0 bridgehead atoms. The van der Waals surface area contributed by atoms with Crippen molar-refractivity contribution in [1.29, 1.82) is 0 Å². The third-order valence-electron chi connectivity index (χ3n) is 5.95. The van der Waals surface area contributed by atoms with Crippen molar-refractivity contribution in [2.75, 3.05) is 36.8 Å². The van der Waals surface area contributed by atoms with Crippen molar-refractivity contribution < 1.29 is 9.53 Å². The van der Waals surface area contributed by atoms with Gasteiger partial charge in [-0.05, 0) is 44.4 Å². The fourth-order valence-corrected chi connectivity index (χ4v) is 4.60. The highest BCUT2D eigenvalue weighted by molar-refractivity contribution is 6.34. The molecule has 1 aliphatic heterocycles. The third kappa shape index (κ3) is 4.66. The van der Waals surface area contributed by atoms with Gasteiger partial charge in [-0.1, -0.05) is 35.9 Å². The van der Waals surface area contributed by atoms with E-state index in [0.29, 0.717) is 37.0 Å². The van der Waals surface area contributed by atoms with Crippen LogP contribution in [0.25, 0.3) is 32.9 Å². The maximum absolute atomic E-state index is 12.4. The molecule has 3 heterocycles. The van der Waals surface area contributed by atoms with Crippen LogP contribution in [0.3, 0.4) is 0 Å². The first kappa shape index (κ1) is 23.1. The normalized spacial score (nSPS) is 14.5. The summed E-state index contributed by atoms with van der Waals surface area (Å²) in [6, 6.07) is 13.6. The summed E-state index contributed by atoms with van der Waals surface area (Å²) in [5, 5.41) is 3.36. The average molecular weight is 491 g/mol. The summed E-state index contributed by atoms with van der Waals surface area (Å²) < 4.78 is 5.51. The van der Waals surface area contributed by atoms with Crippen LogP contribution in [-0.2, 0) is 4.74 Å². The molecule has 1 saturated heterocycles. The Kier molecular flexibility index (Phi) is 5.84. The van der Waals surface area contributed by atoms with Gasteiger partial charge in [0.2, 0.25) is 0 Å². The van der Waals surface area contributed by atoms with Gasteiger partial charge in [-0.2, -0.15) is 0 Å². The number of hydrogen-bond donors (Lipinski definition) is 1. The Morgan fingerprint density at radius 2 is 1.77 bits per heavy atom. The number of piperazine rings is 1. The van der Waals surface area contributed by atoms with Crippen molar-refractivity contribution in [3.63, 3.8) is 0 Å². The molecule has 2 N–H and O–H groups in total. The van der Waals surface area contributed by atoms with Crippen molar-refractivity contribution in [2.45, 2.75) is 26.4 Å². The SMILES string of the molecule is CC(C)(C)OC(=O)N1CCN(c2ncnc3cc(-c4nc(N)cc5ccccc45)c(Cl)cc23)CC1. The molecular weight excluding hydrogens is 464 g/mol. The molecule has 4 aromatic rings. The number of nitrogen functional groups attached to an aromatic ring is 1. The lowest BCUT2D eigenvalue weighted by atomic mass is 10.0. The molecular formula is C26H27ClN6O2. The maximum Gasteiger partial charge on any atom is 0.410 e. The van der Waals surface area contributed by atoms with Gasteiger partial charge < -0.3 is 20.3 Å². The number of carbonyl (C=O) groups is 1. The zero-order chi connectivity index (χ0) is 24.7. The Bertz CT molecular complexity index is 1430. The van der Waals surface area contributed by atoms with Gasteiger partial charge in [0.1, 0.15) is 23.6 Å². The fraction of sp³-hybridized carbons (Fsp3) is 0.308. The van der Waals surface area contributed by atoms with E-state index in [1.807, 2.05) is 63.2 Å². The van der Waals surface area contributed by atoms with Crippen LogP contribution in [-0.4, -0.2) is 57.7 Å². The van der Waals surface area contributed by atoms with Gasteiger partial charge in [0.15, 0.2) is 0 Å². The summed E-state index contributed by atoms with van der Waals surface area (Å²) >= 11 is 6.80. The number of pyridine rings is 1. The van der Waals surface area contributed by atoms with E-state index in [1.165, 1.54) is 0 Å². The standard InChI is InChI=1S/C26H27ClN6O2/c1-26(2,3)35-25(34)33-10-8-32(9-11-33)24-19-13-20(27)18(14-21(19)29-15-30-24)23-17-7-5-4-6-16(17)12-22(28)31-23/h4-7,12-15H,8-11H2,1-3H3,(H2,28,31). The largest absolute Gasteiger partial charge is 0.444 e. The second-order valence-corrected chi connectivity index (χ2v) is 10.0. The van der Waals surface area contributed by atoms with Crippen molar-refractivity contribution in [2.24, 2.45) is 0 Å². The van der Waals surface area contributed by atoms with Crippen LogP contribution < -0.4 is 10.6 Å². The number of amides is 1. The molecule has 9 heteroatoms. The lowest BCUT2D eigenvalue weighted by Crippen LogP contribution is -2.50. The molecule has 0 spiro atoms. The summed E-state index contributed by atoms with van der Waals surface area (Å²) in [7, 11) is 0. The Morgan fingerprint density at radius 3 is 2.51 bits per heavy atom. The zero-order valence-electron chi connectivity index (χ0n) is 20.0. The molecule has 1 amide bonds. The number of hydrogen-bond acceptors (Lipinski definition) is 7. The molecule has 0 saturated carbocycles. The minimum atomic E-state index is -0.519. The molecule has 0 aliphatic carbocycles. The lowest BCUT2D eigenvalue weighted by Gasteiger charge is -2.36. The minimum Gasteiger partial charge on any atom is -0.444 e. The second-order valence-electron chi connectivity index (χ2n) is 9.62. The number of anilines is 2. The number of fused-ring (bicyclic) bond motifs is 2. The van der Waals surface area contributed by atoms with Crippen LogP contribution in [0.2, 0.25) is 5.02 Å². The monoisotopic (exact) mass is 490 g/mol. The van der Waals surface area contributed by atoms with Crippen LogP contribution >= 0.6 is 11.6 Å². The lowest BCUT2D eigenvalue weighted by molar-refractivity contribution is 0.0240. The van der Waals surface area contributed by atoms with Crippen LogP contribution in [0.5, 0.6) is 0 Å². The van der Waals surface area contributed by atoms with E-state index in [9.17, 15) is 4.79 Å². The van der Waals surface area contributed by atoms with Crippen molar-refractivity contribution in [3.8, 4) is 11.3 Å². The van der Waals surface area contributed by atoms with Gasteiger partial charge in [0.25, 0.3) is 0 Å². The maximum atomic E-state index is 12.4. The fourth-order valence-electron chi connectivity index (χ4n) is 4.35. The molecule has 35 heavy (non-hydrogen) atoms. The number of rotatable bonds is 2. The highest BCUT2D eigenvalue weighted by Crippen LogP contribution is 2.37. The molecule has 1 aliphatic rings. The number of halogens is 1. The van der Waals surface area contributed by atoms with Crippen LogP contribution in [0.1, 0.15) is 20.8 Å². The summed E-state index contributed by atoms with van der Waals surface area (Å²) in [5.41, 5.74) is 7.82. The molecule has 1 fully saturated rings. The molecule has 0 unspecified atom stereocenters. The predicted octanol–water partition coefficient (Wildman–Crippen LogP) is 5.14. The highest BCUT2D eigenvalue weighted by atomic mass is 35.5. The van der Waals surface area contributed by atoms with E-state index in [0.717, 1.165) is 38.8 Å². The molecule has 2 aromatic heterocycles. The molecule has 180 valence electrons. The third-order valence-corrected chi connectivity index (χ3v) is 6.26. The topological polar surface area (TPSA) is 97.5 Å². The van der Waals surface area contributed by atoms with E-state index in [-0.39, 0.29) is 6.09 Å². The van der Waals surface area contributed by atoms with Gasteiger partial charge in [-0.15, -0.1) is 0 Å². The smallest absolute Gasteiger partial charge is 0.410 e. The van der Waals surface area contributed by atoms with E-state index in [1.54, 1.807) is 11.2 Å². The average Bonchev–Trinajstić information content (AvgIpc) is 2.82. The summed E-state index contributed by atoms with van der Waals surface area (Å²) in [5.74, 6) is 1.22. The van der Waals surface area contributed by atoms with Gasteiger partial charge in [-0.3, -0.25) is 0 Å². The number of carbonyl (C=O) groups excluding carboxylic acids is 1.